The molecule has 6 nitrogen and oxygen atoms in total. The normalized spacial score (nSPS) is 11.4. The van der Waals surface area contributed by atoms with Crippen molar-refractivity contribution in [3.05, 3.63) is 60.3 Å². The molecule has 0 saturated carbocycles. The van der Waals surface area contributed by atoms with E-state index in [1.54, 1.807) is 7.05 Å². The minimum Gasteiger partial charge on any atom is -0.353 e. The zero-order chi connectivity index (χ0) is 16.2. The van der Waals surface area contributed by atoms with Gasteiger partial charge in [-0.1, -0.05) is 6.07 Å². The Kier molecular flexibility index (Phi) is 6.24. The Hall–Kier alpha value is -2.03. The molecule has 0 atom stereocenters. The molecular weight excluding hydrogens is 415 g/mol. The Morgan fingerprint density at radius 1 is 1.25 bits per heavy atom. The van der Waals surface area contributed by atoms with Crippen LogP contribution in [0.15, 0.2) is 53.9 Å². The van der Waals surface area contributed by atoms with Gasteiger partial charge >= 0.3 is 0 Å². The molecular formula is C17H23IN6. The molecule has 3 aromatic rings. The summed E-state index contributed by atoms with van der Waals surface area (Å²) in [5.41, 5.74) is 3.18. The third kappa shape index (κ3) is 4.08. The van der Waals surface area contributed by atoms with Gasteiger partial charge in [-0.2, -0.15) is 0 Å². The van der Waals surface area contributed by atoms with Gasteiger partial charge in [-0.05, 0) is 24.3 Å². The second-order valence-corrected chi connectivity index (χ2v) is 5.57. The topological polar surface area (TPSA) is 49.9 Å². The lowest BCUT2D eigenvalue weighted by Crippen LogP contribution is -2.38. The molecule has 0 amide bonds. The van der Waals surface area contributed by atoms with Crippen LogP contribution >= 0.6 is 24.0 Å². The van der Waals surface area contributed by atoms with Crippen molar-refractivity contribution in [3.63, 3.8) is 0 Å². The smallest absolute Gasteiger partial charge is 0.194 e. The van der Waals surface area contributed by atoms with Crippen LogP contribution in [0, 0.1) is 0 Å². The highest BCUT2D eigenvalue weighted by Gasteiger charge is 2.09. The summed E-state index contributed by atoms with van der Waals surface area (Å²) in [6, 6.07) is 10.2. The van der Waals surface area contributed by atoms with E-state index in [2.05, 4.69) is 50.1 Å². The second kappa shape index (κ2) is 8.18. The number of pyridine rings is 1. The molecule has 128 valence electrons. The summed E-state index contributed by atoms with van der Waals surface area (Å²) in [6.07, 6.45) is 6.09. The van der Waals surface area contributed by atoms with E-state index in [-0.39, 0.29) is 24.0 Å². The van der Waals surface area contributed by atoms with E-state index in [4.69, 9.17) is 0 Å². The van der Waals surface area contributed by atoms with Gasteiger partial charge in [-0.15, -0.1) is 24.0 Å². The van der Waals surface area contributed by atoms with Crippen LogP contribution in [0.2, 0.25) is 0 Å². The van der Waals surface area contributed by atoms with Crippen LogP contribution < -0.4 is 5.32 Å². The number of aliphatic imine (C=N–C) groups is 1. The first-order valence-electron chi connectivity index (χ1n) is 7.62. The first kappa shape index (κ1) is 18.3. The molecule has 0 unspecified atom stereocenters. The molecule has 0 saturated heterocycles. The summed E-state index contributed by atoms with van der Waals surface area (Å²) in [6.45, 7) is 1.44. The number of rotatable bonds is 4. The average molecular weight is 438 g/mol. The van der Waals surface area contributed by atoms with Gasteiger partial charge in [-0.25, -0.2) is 4.98 Å². The standard InChI is InChI=1S/C17H22N6.HI/c1-18-17(22(3)13-15-7-6-9-21(15)2)19-11-14-12-23-10-5-4-8-16(23)20-14;/h4-10,12H,11,13H2,1-3H3,(H,18,19);1H. The van der Waals surface area contributed by atoms with Crippen molar-refractivity contribution in [2.45, 2.75) is 13.1 Å². The number of guanidine groups is 1. The average Bonchev–Trinajstić information content (AvgIpc) is 3.14. The molecule has 0 fully saturated rings. The molecule has 3 heterocycles. The summed E-state index contributed by atoms with van der Waals surface area (Å²) < 4.78 is 4.14. The lowest BCUT2D eigenvalue weighted by atomic mass is 10.4. The summed E-state index contributed by atoms with van der Waals surface area (Å²) >= 11 is 0. The number of hydrogen-bond donors (Lipinski definition) is 1. The molecule has 0 spiro atoms. The van der Waals surface area contributed by atoms with Gasteiger partial charge in [0.25, 0.3) is 0 Å². The van der Waals surface area contributed by atoms with Gasteiger partial charge in [-0.3, -0.25) is 4.99 Å². The van der Waals surface area contributed by atoms with E-state index >= 15 is 0 Å². The summed E-state index contributed by atoms with van der Waals surface area (Å²) in [5.74, 6) is 0.850. The highest BCUT2D eigenvalue weighted by Crippen LogP contribution is 2.06. The maximum atomic E-state index is 4.59. The van der Waals surface area contributed by atoms with Crippen LogP contribution in [0.25, 0.3) is 5.65 Å². The van der Waals surface area contributed by atoms with E-state index < -0.39 is 0 Å². The van der Waals surface area contributed by atoms with Gasteiger partial charge in [0, 0.05) is 45.4 Å². The number of hydrogen-bond acceptors (Lipinski definition) is 2. The van der Waals surface area contributed by atoms with Crippen molar-refractivity contribution in [2.24, 2.45) is 12.0 Å². The Bertz CT molecular complexity index is 786. The number of nitrogens with one attached hydrogen (secondary N) is 1. The van der Waals surface area contributed by atoms with Gasteiger partial charge in [0.2, 0.25) is 0 Å². The van der Waals surface area contributed by atoms with E-state index in [0.717, 1.165) is 23.8 Å². The van der Waals surface area contributed by atoms with Crippen LogP contribution in [-0.4, -0.2) is 38.9 Å². The fraction of sp³-hybridized carbons (Fsp3) is 0.294. The highest BCUT2D eigenvalue weighted by atomic mass is 127. The molecule has 1 N–H and O–H groups in total. The maximum absolute atomic E-state index is 4.59. The molecule has 0 aliphatic heterocycles. The predicted octanol–water partition coefficient (Wildman–Crippen LogP) is 2.50. The highest BCUT2D eigenvalue weighted by molar-refractivity contribution is 14.0. The van der Waals surface area contributed by atoms with Crippen molar-refractivity contribution in [1.82, 2.24) is 24.2 Å². The predicted molar refractivity (Wildman–Crippen MR) is 108 cm³/mol. The Morgan fingerprint density at radius 3 is 2.75 bits per heavy atom. The Labute approximate surface area is 159 Å². The van der Waals surface area contributed by atoms with Crippen LogP contribution in [0.3, 0.4) is 0 Å². The summed E-state index contributed by atoms with van der Waals surface area (Å²) in [4.78, 5) is 11.0. The number of halogens is 1. The number of nitrogens with zero attached hydrogens (tertiary/aromatic N) is 5. The van der Waals surface area contributed by atoms with Gasteiger partial charge in [0.15, 0.2) is 5.96 Å². The van der Waals surface area contributed by atoms with Crippen molar-refractivity contribution in [3.8, 4) is 0 Å². The van der Waals surface area contributed by atoms with Crippen molar-refractivity contribution < 1.29 is 0 Å². The van der Waals surface area contributed by atoms with Crippen LogP contribution in [-0.2, 0) is 20.1 Å². The Morgan fingerprint density at radius 2 is 2.08 bits per heavy atom. The minimum atomic E-state index is 0. The minimum absolute atomic E-state index is 0. The van der Waals surface area contributed by atoms with Gasteiger partial charge in [0.05, 0.1) is 18.8 Å². The van der Waals surface area contributed by atoms with E-state index in [1.165, 1.54) is 5.69 Å². The molecule has 7 heteroatoms. The molecule has 3 aromatic heterocycles. The number of fused-ring (bicyclic) bond motifs is 1. The summed E-state index contributed by atoms with van der Waals surface area (Å²) in [5, 5.41) is 3.37. The summed E-state index contributed by atoms with van der Waals surface area (Å²) in [7, 11) is 5.88. The van der Waals surface area contributed by atoms with Gasteiger partial charge in [0.1, 0.15) is 5.65 Å². The third-order valence-corrected chi connectivity index (χ3v) is 3.87. The maximum Gasteiger partial charge on any atom is 0.194 e. The lowest BCUT2D eigenvalue weighted by molar-refractivity contribution is 0.461. The van der Waals surface area contributed by atoms with Crippen molar-refractivity contribution in [2.75, 3.05) is 14.1 Å². The van der Waals surface area contributed by atoms with E-state index in [0.29, 0.717) is 6.54 Å². The van der Waals surface area contributed by atoms with E-state index in [1.807, 2.05) is 42.0 Å². The lowest BCUT2D eigenvalue weighted by Gasteiger charge is -2.22. The molecule has 0 bridgehead atoms. The third-order valence-electron chi connectivity index (χ3n) is 3.87. The van der Waals surface area contributed by atoms with Gasteiger partial charge < -0.3 is 19.2 Å². The molecule has 0 aromatic carbocycles. The molecule has 0 radical (unpaired) electrons. The van der Waals surface area contributed by atoms with Crippen LogP contribution in [0.5, 0.6) is 0 Å². The molecule has 0 aliphatic carbocycles. The first-order valence-corrected chi connectivity index (χ1v) is 7.62. The zero-order valence-electron chi connectivity index (χ0n) is 14.2. The van der Waals surface area contributed by atoms with Crippen molar-refractivity contribution in [1.29, 1.82) is 0 Å². The first-order chi connectivity index (χ1) is 11.2. The number of imidazole rings is 1. The quantitative estimate of drug-likeness (QED) is 0.387. The monoisotopic (exact) mass is 438 g/mol. The van der Waals surface area contributed by atoms with Crippen LogP contribution in [0.1, 0.15) is 11.4 Å². The fourth-order valence-corrected chi connectivity index (χ4v) is 2.61. The molecule has 3 rings (SSSR count). The zero-order valence-corrected chi connectivity index (χ0v) is 16.5. The second-order valence-electron chi connectivity index (χ2n) is 5.57. The fourth-order valence-electron chi connectivity index (χ4n) is 2.61. The van der Waals surface area contributed by atoms with Crippen LogP contribution in [0.4, 0.5) is 0 Å². The SMILES string of the molecule is CN=C(NCc1cn2ccccc2n1)N(C)Cc1cccn1C.I. The molecule has 24 heavy (non-hydrogen) atoms. The number of aromatic nitrogens is 3. The Balaban J connectivity index is 0.00000208. The molecule has 0 aliphatic rings. The van der Waals surface area contributed by atoms with E-state index in [9.17, 15) is 0 Å². The van der Waals surface area contributed by atoms with Crippen molar-refractivity contribution >= 4 is 35.6 Å². The number of aryl methyl sites for hydroxylation is 1. The largest absolute Gasteiger partial charge is 0.353 e.